The van der Waals surface area contributed by atoms with Gasteiger partial charge in [-0.1, -0.05) is 6.07 Å². The number of benzene rings is 1. The summed E-state index contributed by atoms with van der Waals surface area (Å²) < 4.78 is 10.3. The van der Waals surface area contributed by atoms with Crippen molar-refractivity contribution < 1.29 is 19.4 Å². The fourth-order valence-electron chi connectivity index (χ4n) is 1.72. The van der Waals surface area contributed by atoms with Crippen molar-refractivity contribution in [3.05, 3.63) is 29.3 Å². The summed E-state index contributed by atoms with van der Waals surface area (Å²) in [4.78, 5) is 15.5. The Morgan fingerprint density at radius 1 is 1.41 bits per heavy atom. The number of carbonyl (C=O) groups is 1. The Morgan fingerprint density at radius 2 is 2.09 bits per heavy atom. The Kier molecular flexibility index (Phi) is 6.08. The zero-order valence-corrected chi connectivity index (χ0v) is 13.2. The van der Waals surface area contributed by atoms with Crippen LogP contribution in [0.1, 0.15) is 31.9 Å². The van der Waals surface area contributed by atoms with Crippen LogP contribution in [0.2, 0.25) is 0 Å². The van der Waals surface area contributed by atoms with Crippen LogP contribution in [0.5, 0.6) is 5.75 Å². The summed E-state index contributed by atoms with van der Waals surface area (Å²) in [6.45, 7) is 4.84. The second kappa shape index (κ2) is 7.57. The fourth-order valence-corrected chi connectivity index (χ4v) is 1.72. The van der Waals surface area contributed by atoms with Gasteiger partial charge in [-0.2, -0.15) is 10.3 Å². The van der Waals surface area contributed by atoms with Crippen LogP contribution < -0.4 is 4.74 Å². The first kappa shape index (κ1) is 17.7. The van der Waals surface area contributed by atoms with E-state index in [0.717, 1.165) is 5.56 Å². The van der Waals surface area contributed by atoms with Crippen LogP contribution in [-0.2, 0) is 11.2 Å². The lowest BCUT2D eigenvalue weighted by molar-refractivity contribution is 0.0603. The van der Waals surface area contributed by atoms with Gasteiger partial charge in [-0.25, -0.2) is 4.79 Å². The number of aliphatic hydroxyl groups excluding tert-OH is 1. The highest BCUT2D eigenvalue weighted by Gasteiger charge is 2.17. The zero-order chi connectivity index (χ0) is 16.8. The molecule has 6 nitrogen and oxygen atoms in total. The van der Waals surface area contributed by atoms with Gasteiger partial charge in [0, 0.05) is 6.42 Å². The Bertz CT molecular complexity index is 610. The molecule has 6 heteroatoms. The lowest BCUT2D eigenvalue weighted by Crippen LogP contribution is -2.23. The molecule has 1 amide bonds. The van der Waals surface area contributed by atoms with Gasteiger partial charge in [-0.05, 0) is 38.5 Å². The third-order valence-corrected chi connectivity index (χ3v) is 2.64. The van der Waals surface area contributed by atoms with Crippen molar-refractivity contribution in [3.8, 4) is 11.8 Å². The monoisotopic (exact) mass is 304 g/mol. The van der Waals surface area contributed by atoms with Crippen molar-refractivity contribution in [2.75, 3.05) is 13.7 Å². The SMILES string of the molecule is COc1cc(C#N)ccc1CC(CO)=NC(=O)OC(C)(C)C. The zero-order valence-electron chi connectivity index (χ0n) is 13.2. The molecule has 0 saturated carbocycles. The fraction of sp³-hybridized carbons (Fsp3) is 0.438. The van der Waals surface area contributed by atoms with E-state index in [4.69, 9.17) is 14.7 Å². The number of nitrogens with zero attached hydrogens (tertiary/aromatic N) is 2. The molecule has 0 fully saturated rings. The number of hydrogen-bond acceptors (Lipinski definition) is 5. The number of amides is 1. The molecular weight excluding hydrogens is 284 g/mol. The number of carbonyl (C=O) groups excluding carboxylic acids is 1. The maximum absolute atomic E-state index is 11.7. The van der Waals surface area contributed by atoms with E-state index >= 15 is 0 Å². The van der Waals surface area contributed by atoms with Crippen molar-refractivity contribution in [1.29, 1.82) is 5.26 Å². The molecule has 0 spiro atoms. The predicted molar refractivity (Wildman–Crippen MR) is 82.2 cm³/mol. The molecule has 22 heavy (non-hydrogen) atoms. The van der Waals surface area contributed by atoms with Crippen LogP contribution in [0.25, 0.3) is 0 Å². The van der Waals surface area contributed by atoms with Crippen LogP contribution in [0.3, 0.4) is 0 Å². The lowest BCUT2D eigenvalue weighted by Gasteiger charge is -2.17. The number of methoxy groups -OCH3 is 1. The van der Waals surface area contributed by atoms with Crippen molar-refractivity contribution in [2.24, 2.45) is 4.99 Å². The van der Waals surface area contributed by atoms with Crippen LogP contribution in [0.15, 0.2) is 23.2 Å². The van der Waals surface area contributed by atoms with Gasteiger partial charge in [0.05, 0.1) is 31.1 Å². The van der Waals surface area contributed by atoms with E-state index in [2.05, 4.69) is 4.99 Å². The molecule has 0 aliphatic carbocycles. The van der Waals surface area contributed by atoms with Gasteiger partial charge in [0.25, 0.3) is 0 Å². The van der Waals surface area contributed by atoms with E-state index in [0.29, 0.717) is 11.3 Å². The van der Waals surface area contributed by atoms with Gasteiger partial charge in [-0.3, -0.25) is 0 Å². The van der Waals surface area contributed by atoms with Crippen molar-refractivity contribution in [3.63, 3.8) is 0 Å². The first-order valence-electron chi connectivity index (χ1n) is 6.76. The average Bonchev–Trinajstić information content (AvgIpc) is 2.44. The molecule has 0 unspecified atom stereocenters. The average molecular weight is 304 g/mol. The number of aliphatic imine (C=N–C) groups is 1. The number of rotatable bonds is 4. The summed E-state index contributed by atoms with van der Waals surface area (Å²) in [6, 6.07) is 6.96. The van der Waals surface area contributed by atoms with E-state index in [1.807, 2.05) is 6.07 Å². The summed E-state index contributed by atoms with van der Waals surface area (Å²) >= 11 is 0. The highest BCUT2D eigenvalue weighted by atomic mass is 16.6. The third-order valence-electron chi connectivity index (χ3n) is 2.64. The molecule has 0 atom stereocenters. The molecule has 0 saturated heterocycles. The minimum atomic E-state index is -0.746. The summed E-state index contributed by atoms with van der Waals surface area (Å²) in [5, 5.41) is 18.2. The van der Waals surface area contributed by atoms with Gasteiger partial charge >= 0.3 is 6.09 Å². The molecule has 0 radical (unpaired) electrons. The van der Waals surface area contributed by atoms with Crippen molar-refractivity contribution in [2.45, 2.75) is 32.8 Å². The van der Waals surface area contributed by atoms with E-state index in [1.165, 1.54) is 7.11 Å². The Balaban J connectivity index is 2.95. The number of ether oxygens (including phenoxy) is 2. The van der Waals surface area contributed by atoms with E-state index in [1.54, 1.807) is 39.0 Å². The predicted octanol–water partition coefficient (Wildman–Crippen LogP) is 2.48. The normalized spacial score (nSPS) is 11.7. The molecular formula is C16H20N2O4. The molecule has 1 N–H and O–H groups in total. The second-order valence-corrected chi connectivity index (χ2v) is 5.63. The second-order valence-electron chi connectivity index (χ2n) is 5.63. The quantitative estimate of drug-likeness (QED) is 0.863. The van der Waals surface area contributed by atoms with Crippen molar-refractivity contribution >= 4 is 11.8 Å². The van der Waals surface area contributed by atoms with Crippen LogP contribution in [0, 0.1) is 11.3 Å². The van der Waals surface area contributed by atoms with Crippen LogP contribution in [0.4, 0.5) is 4.79 Å². The molecule has 0 aromatic heterocycles. The van der Waals surface area contributed by atoms with E-state index < -0.39 is 11.7 Å². The smallest absolute Gasteiger partial charge is 0.434 e. The van der Waals surface area contributed by atoms with Crippen LogP contribution in [-0.4, -0.2) is 36.2 Å². The first-order valence-corrected chi connectivity index (χ1v) is 6.76. The summed E-state index contributed by atoms with van der Waals surface area (Å²) in [7, 11) is 1.49. The third kappa shape index (κ3) is 5.54. The maximum atomic E-state index is 11.7. The van der Waals surface area contributed by atoms with Gasteiger partial charge in [-0.15, -0.1) is 0 Å². The molecule has 1 aromatic rings. The molecule has 0 aliphatic heterocycles. The van der Waals surface area contributed by atoms with Gasteiger partial charge in [0.1, 0.15) is 11.4 Å². The molecule has 118 valence electrons. The standard InChI is InChI=1S/C16H20N2O4/c1-16(2,3)22-15(20)18-13(10-19)8-12-6-5-11(9-17)7-14(12)21-4/h5-7,19H,8,10H2,1-4H3. The Hall–Kier alpha value is -2.39. The summed E-state index contributed by atoms with van der Waals surface area (Å²) in [5.74, 6) is 0.504. The Morgan fingerprint density at radius 3 is 2.59 bits per heavy atom. The molecule has 0 heterocycles. The van der Waals surface area contributed by atoms with E-state index in [-0.39, 0.29) is 18.7 Å². The summed E-state index contributed by atoms with van der Waals surface area (Å²) in [5.41, 5.74) is 0.804. The minimum absolute atomic E-state index is 0.227. The molecule has 0 bridgehead atoms. The van der Waals surface area contributed by atoms with Crippen LogP contribution >= 0.6 is 0 Å². The minimum Gasteiger partial charge on any atom is -0.496 e. The lowest BCUT2D eigenvalue weighted by atomic mass is 10.1. The first-order chi connectivity index (χ1) is 10.3. The number of hydrogen-bond donors (Lipinski definition) is 1. The number of nitriles is 1. The Labute approximate surface area is 130 Å². The molecule has 0 aliphatic rings. The maximum Gasteiger partial charge on any atom is 0.434 e. The largest absolute Gasteiger partial charge is 0.496 e. The molecule has 1 aromatic carbocycles. The highest BCUT2D eigenvalue weighted by Crippen LogP contribution is 2.21. The van der Waals surface area contributed by atoms with Crippen molar-refractivity contribution in [1.82, 2.24) is 0 Å². The number of aliphatic hydroxyl groups is 1. The van der Waals surface area contributed by atoms with E-state index in [9.17, 15) is 9.90 Å². The highest BCUT2D eigenvalue weighted by molar-refractivity contribution is 5.95. The summed E-state index contributed by atoms with van der Waals surface area (Å²) in [6.07, 6.45) is -0.519. The van der Waals surface area contributed by atoms with Gasteiger partial charge < -0.3 is 14.6 Å². The van der Waals surface area contributed by atoms with Gasteiger partial charge in [0.2, 0.25) is 0 Å². The molecule has 1 rings (SSSR count). The van der Waals surface area contributed by atoms with Gasteiger partial charge in [0.15, 0.2) is 0 Å². The topological polar surface area (TPSA) is 91.9 Å².